The third kappa shape index (κ3) is 3.10. The Hall–Kier alpha value is -0.780. The second kappa shape index (κ2) is 6.33. The molecule has 6 heteroatoms. The summed E-state index contributed by atoms with van der Waals surface area (Å²) < 4.78 is 32.1. The first kappa shape index (κ1) is 15.6. The molecule has 4 nitrogen and oxygen atoms in total. The summed E-state index contributed by atoms with van der Waals surface area (Å²) >= 11 is 5.93. The van der Waals surface area contributed by atoms with E-state index in [1.165, 1.54) is 17.5 Å². The third-order valence-corrected chi connectivity index (χ3v) is 6.05. The van der Waals surface area contributed by atoms with Crippen molar-refractivity contribution in [3.63, 3.8) is 0 Å². The average molecular weight is 318 g/mol. The van der Waals surface area contributed by atoms with Crippen molar-refractivity contribution in [3.05, 3.63) is 23.2 Å². The van der Waals surface area contributed by atoms with Crippen LogP contribution in [0.15, 0.2) is 23.1 Å². The monoisotopic (exact) mass is 317 g/mol. The lowest BCUT2D eigenvalue weighted by atomic mass is 9.96. The van der Waals surface area contributed by atoms with E-state index in [4.69, 9.17) is 16.3 Å². The molecule has 0 amide bonds. The van der Waals surface area contributed by atoms with Gasteiger partial charge in [-0.2, -0.15) is 4.31 Å². The molecule has 1 aliphatic heterocycles. The Bertz CT molecular complexity index is 566. The molecule has 0 atom stereocenters. The average Bonchev–Trinajstić information content (AvgIpc) is 2.47. The van der Waals surface area contributed by atoms with Crippen LogP contribution in [0.2, 0.25) is 5.02 Å². The first-order valence-electron chi connectivity index (χ1n) is 6.82. The maximum absolute atomic E-state index is 12.7. The van der Waals surface area contributed by atoms with Crippen molar-refractivity contribution in [1.29, 1.82) is 0 Å². The van der Waals surface area contributed by atoms with Gasteiger partial charge in [-0.25, -0.2) is 8.42 Å². The molecule has 112 valence electrons. The van der Waals surface area contributed by atoms with Crippen LogP contribution in [0.25, 0.3) is 0 Å². The van der Waals surface area contributed by atoms with E-state index in [9.17, 15) is 8.42 Å². The number of methoxy groups -OCH3 is 1. The number of hydrogen-bond donors (Lipinski definition) is 0. The second-order valence-corrected chi connectivity index (χ2v) is 7.39. The number of hydrogen-bond acceptors (Lipinski definition) is 3. The summed E-state index contributed by atoms with van der Waals surface area (Å²) in [6.45, 7) is 3.28. The van der Waals surface area contributed by atoms with Crippen LogP contribution >= 0.6 is 11.6 Å². The van der Waals surface area contributed by atoms with Gasteiger partial charge in [-0.15, -0.1) is 0 Å². The van der Waals surface area contributed by atoms with Gasteiger partial charge in [0.05, 0.1) is 7.11 Å². The summed E-state index contributed by atoms with van der Waals surface area (Å²) in [5, 5.41) is 0.396. The van der Waals surface area contributed by atoms with Crippen molar-refractivity contribution < 1.29 is 13.2 Å². The van der Waals surface area contributed by atoms with Crippen LogP contribution in [0.4, 0.5) is 0 Å². The minimum Gasteiger partial charge on any atom is -0.495 e. The molecule has 2 rings (SSSR count). The van der Waals surface area contributed by atoms with Crippen LogP contribution in [-0.2, 0) is 10.0 Å². The number of nitrogens with zero attached hydrogens (tertiary/aromatic N) is 1. The fourth-order valence-corrected chi connectivity index (χ4v) is 4.44. The molecule has 1 saturated heterocycles. The van der Waals surface area contributed by atoms with E-state index in [1.807, 2.05) is 0 Å². The van der Waals surface area contributed by atoms with E-state index in [1.54, 1.807) is 12.1 Å². The van der Waals surface area contributed by atoms with E-state index >= 15 is 0 Å². The predicted octanol–water partition coefficient (Wildman–Crippen LogP) is 3.16. The quantitative estimate of drug-likeness (QED) is 0.857. The smallest absolute Gasteiger partial charge is 0.246 e. The Morgan fingerprint density at radius 1 is 1.35 bits per heavy atom. The van der Waals surface area contributed by atoms with Crippen LogP contribution in [0.5, 0.6) is 5.75 Å². The molecule has 0 N–H and O–H groups in total. The van der Waals surface area contributed by atoms with Crippen LogP contribution in [0.1, 0.15) is 26.2 Å². The fourth-order valence-electron chi connectivity index (χ4n) is 2.55. The number of piperidine rings is 1. The van der Waals surface area contributed by atoms with Crippen molar-refractivity contribution >= 4 is 21.6 Å². The van der Waals surface area contributed by atoms with E-state index in [0.717, 1.165) is 19.3 Å². The van der Waals surface area contributed by atoms with E-state index in [-0.39, 0.29) is 4.90 Å². The van der Waals surface area contributed by atoms with Gasteiger partial charge in [0.15, 0.2) is 0 Å². The minimum absolute atomic E-state index is 0.155. The van der Waals surface area contributed by atoms with Crippen molar-refractivity contribution in [1.82, 2.24) is 4.31 Å². The Balaban J connectivity index is 2.29. The highest BCUT2D eigenvalue weighted by Crippen LogP contribution is 2.32. The third-order valence-electron chi connectivity index (χ3n) is 3.89. The zero-order valence-corrected chi connectivity index (χ0v) is 13.4. The first-order chi connectivity index (χ1) is 9.48. The lowest BCUT2D eigenvalue weighted by Gasteiger charge is -2.31. The Labute approximate surface area is 125 Å². The highest BCUT2D eigenvalue weighted by molar-refractivity contribution is 7.89. The summed E-state index contributed by atoms with van der Waals surface area (Å²) in [5.74, 6) is 0.967. The molecule has 0 spiro atoms. The molecule has 0 bridgehead atoms. The highest BCUT2D eigenvalue weighted by Gasteiger charge is 2.31. The molecule has 0 aliphatic carbocycles. The van der Waals surface area contributed by atoms with Crippen LogP contribution in [0, 0.1) is 5.92 Å². The van der Waals surface area contributed by atoms with Gasteiger partial charge in [-0.05, 0) is 37.0 Å². The lowest BCUT2D eigenvalue weighted by molar-refractivity contribution is 0.268. The van der Waals surface area contributed by atoms with Crippen molar-refractivity contribution in [2.45, 2.75) is 31.1 Å². The number of ether oxygens (including phenoxy) is 1. The highest BCUT2D eigenvalue weighted by atomic mass is 35.5. The molecule has 1 fully saturated rings. The Morgan fingerprint density at radius 2 is 2.00 bits per heavy atom. The number of rotatable bonds is 4. The Kier molecular flexibility index (Phi) is 4.94. The van der Waals surface area contributed by atoms with Crippen molar-refractivity contribution in [3.8, 4) is 5.75 Å². The van der Waals surface area contributed by atoms with E-state index in [0.29, 0.717) is 29.8 Å². The van der Waals surface area contributed by atoms with Gasteiger partial charge in [0.1, 0.15) is 10.6 Å². The maximum Gasteiger partial charge on any atom is 0.246 e. The molecule has 1 aromatic rings. The van der Waals surface area contributed by atoms with Gasteiger partial charge in [-0.3, -0.25) is 0 Å². The molecule has 0 unspecified atom stereocenters. The van der Waals surface area contributed by atoms with Gasteiger partial charge >= 0.3 is 0 Å². The lowest BCUT2D eigenvalue weighted by Crippen LogP contribution is -2.38. The molecule has 0 aromatic heterocycles. The summed E-state index contributed by atoms with van der Waals surface area (Å²) in [6, 6.07) is 4.68. The predicted molar refractivity (Wildman–Crippen MR) is 79.8 cm³/mol. The number of benzene rings is 1. The van der Waals surface area contributed by atoms with Gasteiger partial charge in [0.25, 0.3) is 0 Å². The summed E-state index contributed by atoms with van der Waals surface area (Å²) in [5.41, 5.74) is 0. The molecule has 20 heavy (non-hydrogen) atoms. The number of halogens is 1. The van der Waals surface area contributed by atoms with Crippen LogP contribution in [0.3, 0.4) is 0 Å². The first-order valence-corrected chi connectivity index (χ1v) is 8.64. The molecular formula is C14H20ClNO3S. The second-order valence-electron chi connectivity index (χ2n) is 5.05. The zero-order valence-electron chi connectivity index (χ0n) is 11.8. The standard InChI is InChI=1S/C14H20ClNO3S/c1-3-11-6-8-16(9-7-11)20(17,18)14-10-12(15)4-5-13(14)19-2/h4-5,10-11H,3,6-9H2,1-2H3. The molecule has 1 aliphatic rings. The van der Waals surface area contributed by atoms with Crippen LogP contribution < -0.4 is 4.74 Å². The summed E-state index contributed by atoms with van der Waals surface area (Å²) in [6.07, 6.45) is 2.94. The van der Waals surface area contributed by atoms with Gasteiger partial charge < -0.3 is 4.74 Å². The summed E-state index contributed by atoms with van der Waals surface area (Å²) in [7, 11) is -2.07. The Morgan fingerprint density at radius 3 is 2.55 bits per heavy atom. The zero-order chi connectivity index (χ0) is 14.8. The van der Waals surface area contributed by atoms with Crippen LogP contribution in [-0.4, -0.2) is 32.9 Å². The topological polar surface area (TPSA) is 46.6 Å². The van der Waals surface area contributed by atoms with Gasteiger partial charge in [0, 0.05) is 18.1 Å². The molecular weight excluding hydrogens is 298 g/mol. The minimum atomic E-state index is -3.54. The molecule has 1 aromatic carbocycles. The molecule has 1 heterocycles. The van der Waals surface area contributed by atoms with Gasteiger partial charge in [0.2, 0.25) is 10.0 Å². The SMILES string of the molecule is CCC1CCN(S(=O)(=O)c2cc(Cl)ccc2OC)CC1. The number of sulfonamides is 1. The van der Waals surface area contributed by atoms with E-state index < -0.39 is 10.0 Å². The largest absolute Gasteiger partial charge is 0.495 e. The maximum atomic E-state index is 12.7. The van der Waals surface area contributed by atoms with Crippen molar-refractivity contribution in [2.24, 2.45) is 5.92 Å². The van der Waals surface area contributed by atoms with E-state index in [2.05, 4.69) is 6.92 Å². The van der Waals surface area contributed by atoms with Gasteiger partial charge in [-0.1, -0.05) is 24.9 Å². The van der Waals surface area contributed by atoms with Crippen molar-refractivity contribution in [2.75, 3.05) is 20.2 Å². The summed E-state index contributed by atoms with van der Waals surface area (Å²) in [4.78, 5) is 0.155. The molecule has 0 radical (unpaired) electrons. The fraction of sp³-hybridized carbons (Fsp3) is 0.571. The molecule has 0 saturated carbocycles. The normalized spacial score (nSPS) is 18.1.